The van der Waals surface area contributed by atoms with E-state index in [1.807, 2.05) is 20.9 Å². The van der Waals surface area contributed by atoms with Crippen LogP contribution >= 0.6 is 0 Å². The molecule has 18 heavy (non-hydrogen) atoms. The van der Waals surface area contributed by atoms with Crippen LogP contribution in [0.4, 0.5) is 0 Å². The van der Waals surface area contributed by atoms with Crippen LogP contribution in [0, 0.1) is 0 Å². The van der Waals surface area contributed by atoms with Gasteiger partial charge in [-0.2, -0.15) is 0 Å². The Morgan fingerprint density at radius 3 is 2.67 bits per heavy atom. The van der Waals surface area contributed by atoms with Gasteiger partial charge in [-0.1, -0.05) is 13.8 Å². The maximum Gasteiger partial charge on any atom is 0.320 e. The Morgan fingerprint density at radius 2 is 2.22 bits per heavy atom. The number of likely N-dealkylation sites (N-methyl/N-ethyl adjacent to an activating group) is 1. The second-order valence-electron chi connectivity index (χ2n) is 5.41. The molecule has 5 nitrogen and oxygen atoms in total. The lowest BCUT2D eigenvalue weighted by molar-refractivity contribution is -0.140. The second-order valence-corrected chi connectivity index (χ2v) is 5.41. The molecular weight excluding hydrogens is 232 g/mol. The van der Waals surface area contributed by atoms with Gasteiger partial charge in [-0.3, -0.25) is 4.79 Å². The first-order valence-corrected chi connectivity index (χ1v) is 6.72. The third-order valence-corrected chi connectivity index (χ3v) is 3.51. The van der Waals surface area contributed by atoms with Crippen molar-refractivity contribution >= 4 is 5.97 Å². The molecule has 0 aromatic heterocycles. The van der Waals surface area contributed by atoms with Crippen LogP contribution in [0.1, 0.15) is 33.6 Å². The Labute approximate surface area is 109 Å². The SMILES string of the molecule is CC(C)NC(CCN(C)C1CCOC1C)C(=O)O. The van der Waals surface area contributed by atoms with Crippen LogP contribution in [-0.4, -0.2) is 60.4 Å². The molecular formula is C13H26N2O3. The van der Waals surface area contributed by atoms with Gasteiger partial charge in [-0.25, -0.2) is 0 Å². The third kappa shape index (κ3) is 4.55. The fourth-order valence-corrected chi connectivity index (χ4v) is 2.48. The van der Waals surface area contributed by atoms with Crippen molar-refractivity contribution in [1.29, 1.82) is 0 Å². The number of aliphatic carboxylic acids is 1. The Hall–Kier alpha value is -0.650. The zero-order valence-electron chi connectivity index (χ0n) is 11.8. The van der Waals surface area contributed by atoms with Crippen molar-refractivity contribution in [2.45, 2.75) is 57.8 Å². The summed E-state index contributed by atoms with van der Waals surface area (Å²) in [5.74, 6) is -0.771. The van der Waals surface area contributed by atoms with Gasteiger partial charge < -0.3 is 20.1 Å². The van der Waals surface area contributed by atoms with E-state index >= 15 is 0 Å². The number of carboxylic acids is 1. The van der Waals surface area contributed by atoms with Crippen molar-refractivity contribution in [2.75, 3.05) is 20.2 Å². The summed E-state index contributed by atoms with van der Waals surface area (Å²) >= 11 is 0. The standard InChI is InChI=1S/C13H26N2O3/c1-9(2)14-11(13(16)17)5-7-15(4)12-6-8-18-10(12)3/h9-12,14H,5-8H2,1-4H3,(H,16,17). The van der Waals surface area contributed by atoms with E-state index in [0.717, 1.165) is 19.6 Å². The van der Waals surface area contributed by atoms with Crippen molar-refractivity contribution in [2.24, 2.45) is 0 Å². The van der Waals surface area contributed by atoms with Gasteiger partial charge in [0.05, 0.1) is 6.10 Å². The van der Waals surface area contributed by atoms with Gasteiger partial charge >= 0.3 is 5.97 Å². The minimum absolute atomic E-state index is 0.185. The number of hydrogen-bond acceptors (Lipinski definition) is 4. The minimum Gasteiger partial charge on any atom is -0.480 e. The summed E-state index contributed by atoms with van der Waals surface area (Å²) in [5, 5.41) is 12.2. The van der Waals surface area contributed by atoms with E-state index < -0.39 is 12.0 Å². The molecule has 0 saturated carbocycles. The maximum atomic E-state index is 11.1. The molecule has 1 saturated heterocycles. The summed E-state index contributed by atoms with van der Waals surface area (Å²) in [6.45, 7) is 7.59. The second kappa shape index (κ2) is 7.07. The molecule has 2 N–H and O–H groups in total. The number of nitrogens with one attached hydrogen (secondary N) is 1. The summed E-state index contributed by atoms with van der Waals surface area (Å²) in [5.41, 5.74) is 0. The smallest absolute Gasteiger partial charge is 0.320 e. The zero-order valence-corrected chi connectivity index (χ0v) is 11.8. The summed E-state index contributed by atoms with van der Waals surface area (Å²) in [4.78, 5) is 13.3. The van der Waals surface area contributed by atoms with Crippen molar-refractivity contribution < 1.29 is 14.6 Å². The number of nitrogens with zero attached hydrogens (tertiary/aromatic N) is 1. The lowest BCUT2D eigenvalue weighted by Crippen LogP contribution is -2.45. The van der Waals surface area contributed by atoms with E-state index in [1.54, 1.807) is 0 Å². The molecule has 0 radical (unpaired) electrons. The first kappa shape index (κ1) is 15.4. The lowest BCUT2D eigenvalue weighted by atomic mass is 10.1. The van der Waals surface area contributed by atoms with E-state index in [2.05, 4.69) is 17.1 Å². The molecule has 3 unspecified atom stereocenters. The molecule has 3 atom stereocenters. The van der Waals surface area contributed by atoms with Crippen molar-refractivity contribution in [3.05, 3.63) is 0 Å². The van der Waals surface area contributed by atoms with Gasteiger partial charge in [0.15, 0.2) is 0 Å². The highest BCUT2D eigenvalue weighted by Gasteiger charge is 2.28. The van der Waals surface area contributed by atoms with Crippen molar-refractivity contribution in [3.8, 4) is 0 Å². The quantitative estimate of drug-likeness (QED) is 0.711. The molecule has 1 heterocycles. The number of ether oxygens (including phenoxy) is 1. The topological polar surface area (TPSA) is 61.8 Å². The van der Waals surface area contributed by atoms with Crippen LogP contribution in [0.3, 0.4) is 0 Å². The fourth-order valence-electron chi connectivity index (χ4n) is 2.48. The van der Waals surface area contributed by atoms with Crippen LogP contribution in [0.15, 0.2) is 0 Å². The van der Waals surface area contributed by atoms with Gasteiger partial charge in [-0.15, -0.1) is 0 Å². The zero-order chi connectivity index (χ0) is 13.7. The lowest BCUT2D eigenvalue weighted by Gasteiger charge is -2.28. The highest BCUT2D eigenvalue weighted by atomic mass is 16.5. The molecule has 1 fully saturated rings. The summed E-state index contributed by atoms with van der Waals surface area (Å²) < 4.78 is 5.53. The molecule has 5 heteroatoms. The van der Waals surface area contributed by atoms with Crippen LogP contribution < -0.4 is 5.32 Å². The number of hydrogen-bond donors (Lipinski definition) is 2. The maximum absolute atomic E-state index is 11.1. The summed E-state index contributed by atoms with van der Waals surface area (Å²) in [6.07, 6.45) is 1.90. The fraction of sp³-hybridized carbons (Fsp3) is 0.923. The molecule has 0 aliphatic carbocycles. The molecule has 0 amide bonds. The van der Waals surface area contributed by atoms with Gasteiger partial charge in [0.25, 0.3) is 0 Å². The van der Waals surface area contributed by atoms with E-state index in [1.165, 1.54) is 0 Å². The van der Waals surface area contributed by atoms with Crippen molar-refractivity contribution in [1.82, 2.24) is 10.2 Å². The van der Waals surface area contributed by atoms with Crippen LogP contribution in [-0.2, 0) is 9.53 Å². The average Bonchev–Trinajstić information content (AvgIpc) is 2.69. The van der Waals surface area contributed by atoms with Crippen molar-refractivity contribution in [3.63, 3.8) is 0 Å². The highest BCUT2D eigenvalue weighted by Crippen LogP contribution is 2.18. The number of rotatable bonds is 7. The molecule has 0 aromatic rings. The summed E-state index contributed by atoms with van der Waals surface area (Å²) in [6, 6.07) is 0.133. The Kier molecular flexibility index (Phi) is 6.05. The molecule has 0 spiro atoms. The monoisotopic (exact) mass is 258 g/mol. The Bertz CT molecular complexity index is 271. The molecule has 0 aromatic carbocycles. The van der Waals surface area contributed by atoms with E-state index in [4.69, 9.17) is 9.84 Å². The molecule has 1 aliphatic heterocycles. The van der Waals surface area contributed by atoms with Crippen LogP contribution in [0.5, 0.6) is 0 Å². The van der Waals surface area contributed by atoms with E-state index in [0.29, 0.717) is 12.5 Å². The molecule has 1 rings (SSSR count). The largest absolute Gasteiger partial charge is 0.480 e. The molecule has 106 valence electrons. The van der Waals surface area contributed by atoms with E-state index in [9.17, 15) is 4.79 Å². The molecule has 0 bridgehead atoms. The van der Waals surface area contributed by atoms with Gasteiger partial charge in [0, 0.05) is 25.2 Å². The Morgan fingerprint density at radius 1 is 1.56 bits per heavy atom. The first-order chi connectivity index (χ1) is 8.41. The predicted octanol–water partition coefficient (Wildman–Crippen LogP) is 0.937. The van der Waals surface area contributed by atoms with Gasteiger partial charge in [-0.05, 0) is 26.8 Å². The van der Waals surface area contributed by atoms with Crippen LogP contribution in [0.2, 0.25) is 0 Å². The Balaban J connectivity index is 2.39. The third-order valence-electron chi connectivity index (χ3n) is 3.51. The van der Waals surface area contributed by atoms with Gasteiger partial charge in [0.1, 0.15) is 6.04 Å². The normalized spacial score (nSPS) is 25.9. The number of carbonyl (C=O) groups is 1. The number of carboxylic acid groups (broad SMARTS) is 1. The predicted molar refractivity (Wildman–Crippen MR) is 70.8 cm³/mol. The minimum atomic E-state index is -0.771. The van der Waals surface area contributed by atoms with Crippen LogP contribution in [0.25, 0.3) is 0 Å². The summed E-state index contributed by atoms with van der Waals surface area (Å²) in [7, 11) is 2.05. The molecule has 1 aliphatic rings. The first-order valence-electron chi connectivity index (χ1n) is 6.72. The van der Waals surface area contributed by atoms with E-state index in [-0.39, 0.29) is 12.1 Å². The average molecular weight is 258 g/mol. The van der Waals surface area contributed by atoms with Gasteiger partial charge in [0.2, 0.25) is 0 Å². The highest BCUT2D eigenvalue weighted by molar-refractivity contribution is 5.73.